The molecule has 4 nitrogen and oxygen atoms in total. The Bertz CT molecular complexity index is 376. The summed E-state index contributed by atoms with van der Waals surface area (Å²) >= 11 is 0. The Morgan fingerprint density at radius 2 is 2.41 bits per heavy atom. The van der Waals surface area contributed by atoms with Crippen LogP contribution in [0, 0.1) is 0 Å². The lowest BCUT2D eigenvalue weighted by molar-refractivity contribution is 0.180. The summed E-state index contributed by atoms with van der Waals surface area (Å²) in [5.74, 6) is 1.10. The lowest BCUT2D eigenvalue weighted by Crippen LogP contribution is -2.28. The van der Waals surface area contributed by atoms with Crippen LogP contribution in [0.2, 0.25) is 0 Å². The van der Waals surface area contributed by atoms with Crippen molar-refractivity contribution < 1.29 is 4.74 Å². The first kappa shape index (κ1) is 11.2. The van der Waals surface area contributed by atoms with Crippen LogP contribution in [0.15, 0.2) is 6.20 Å². The highest BCUT2D eigenvalue weighted by molar-refractivity contribution is 5.17. The highest BCUT2D eigenvalue weighted by Crippen LogP contribution is 2.32. The molecule has 1 aromatic heterocycles. The molecule has 4 heteroatoms. The maximum atomic E-state index is 5.51. The molecule has 2 aliphatic rings. The fourth-order valence-corrected chi connectivity index (χ4v) is 2.79. The van der Waals surface area contributed by atoms with E-state index in [1.807, 2.05) is 6.20 Å². The van der Waals surface area contributed by atoms with Crippen LogP contribution < -0.4 is 5.32 Å². The monoisotopic (exact) mass is 235 g/mol. The van der Waals surface area contributed by atoms with Gasteiger partial charge in [0.25, 0.3) is 0 Å². The number of ether oxygens (including phenoxy) is 1. The predicted molar refractivity (Wildman–Crippen MR) is 66.0 cm³/mol. The van der Waals surface area contributed by atoms with Crippen molar-refractivity contribution in [1.82, 2.24) is 15.3 Å². The van der Waals surface area contributed by atoms with Gasteiger partial charge >= 0.3 is 0 Å². The molecule has 0 saturated carbocycles. The number of nitrogens with one attached hydrogen (secondary N) is 2. The van der Waals surface area contributed by atoms with Gasteiger partial charge in [-0.3, -0.25) is 0 Å². The van der Waals surface area contributed by atoms with Crippen LogP contribution in [0.25, 0.3) is 0 Å². The molecular formula is C13H21N3O. The van der Waals surface area contributed by atoms with Crippen molar-refractivity contribution in [2.24, 2.45) is 0 Å². The summed E-state index contributed by atoms with van der Waals surface area (Å²) in [6.07, 6.45) is 6.87. The second kappa shape index (κ2) is 4.42. The summed E-state index contributed by atoms with van der Waals surface area (Å²) in [7, 11) is 0. The lowest BCUT2D eigenvalue weighted by Gasteiger charge is -2.22. The van der Waals surface area contributed by atoms with Gasteiger partial charge in [-0.25, -0.2) is 4.98 Å². The number of hydrogen-bond acceptors (Lipinski definition) is 3. The van der Waals surface area contributed by atoms with E-state index in [1.54, 1.807) is 0 Å². The van der Waals surface area contributed by atoms with Crippen molar-refractivity contribution in [2.75, 3.05) is 19.8 Å². The van der Waals surface area contributed by atoms with Crippen molar-refractivity contribution >= 4 is 0 Å². The van der Waals surface area contributed by atoms with Crippen molar-refractivity contribution in [3.05, 3.63) is 17.7 Å². The third kappa shape index (κ3) is 2.11. The summed E-state index contributed by atoms with van der Waals surface area (Å²) in [4.78, 5) is 8.07. The maximum absolute atomic E-state index is 5.51. The van der Waals surface area contributed by atoms with Crippen molar-refractivity contribution in [3.8, 4) is 0 Å². The third-order valence-corrected chi connectivity index (χ3v) is 4.10. The summed E-state index contributed by atoms with van der Waals surface area (Å²) in [5.41, 5.74) is 1.37. The van der Waals surface area contributed by atoms with E-state index in [-0.39, 0.29) is 5.41 Å². The minimum absolute atomic E-state index is 0.139. The predicted octanol–water partition coefficient (Wildman–Crippen LogP) is 1.90. The molecule has 3 rings (SSSR count). The van der Waals surface area contributed by atoms with E-state index in [9.17, 15) is 0 Å². The number of nitrogens with zero attached hydrogens (tertiary/aromatic N) is 1. The van der Waals surface area contributed by atoms with E-state index in [1.165, 1.54) is 25.0 Å². The molecule has 0 bridgehead atoms. The molecule has 17 heavy (non-hydrogen) atoms. The maximum Gasteiger partial charge on any atom is 0.123 e. The number of H-pyrrole nitrogens is 1. The van der Waals surface area contributed by atoms with Crippen LogP contribution in [0.4, 0.5) is 0 Å². The quantitative estimate of drug-likeness (QED) is 0.823. The van der Waals surface area contributed by atoms with E-state index in [4.69, 9.17) is 4.74 Å². The minimum Gasteiger partial charge on any atom is -0.380 e. The second-order valence-corrected chi connectivity index (χ2v) is 5.55. The van der Waals surface area contributed by atoms with E-state index < -0.39 is 0 Å². The zero-order valence-corrected chi connectivity index (χ0v) is 10.5. The molecule has 2 unspecified atom stereocenters. The number of aromatic nitrogens is 2. The van der Waals surface area contributed by atoms with Crippen molar-refractivity contribution in [3.63, 3.8) is 0 Å². The van der Waals surface area contributed by atoms with Gasteiger partial charge in [0.15, 0.2) is 0 Å². The first-order chi connectivity index (χ1) is 8.28. The molecule has 2 N–H and O–H groups in total. The molecule has 1 aromatic rings. The molecular weight excluding hydrogens is 214 g/mol. The van der Waals surface area contributed by atoms with Gasteiger partial charge in [0.1, 0.15) is 5.82 Å². The van der Waals surface area contributed by atoms with Gasteiger partial charge in [0, 0.05) is 23.9 Å². The Balaban J connectivity index is 1.77. The molecule has 2 atom stereocenters. The van der Waals surface area contributed by atoms with E-state index in [0.29, 0.717) is 6.04 Å². The molecule has 2 fully saturated rings. The number of aromatic amines is 1. The lowest BCUT2D eigenvalue weighted by atomic mass is 9.87. The molecule has 3 heterocycles. The molecule has 0 aromatic carbocycles. The normalized spacial score (nSPS) is 34.1. The van der Waals surface area contributed by atoms with Gasteiger partial charge in [-0.05, 0) is 25.8 Å². The molecule has 0 spiro atoms. The van der Waals surface area contributed by atoms with Crippen LogP contribution in [0.1, 0.15) is 50.2 Å². The summed E-state index contributed by atoms with van der Waals surface area (Å²) in [6, 6.07) is 0.420. The standard InChI is InChI=1S/C13H21N3O/c1-13(5-7-17-9-13)11-8-15-12(16-11)10-4-2-3-6-14-10/h8,10,14H,2-7,9H2,1H3,(H,15,16). The summed E-state index contributed by atoms with van der Waals surface area (Å²) in [5, 5.41) is 3.53. The highest BCUT2D eigenvalue weighted by Gasteiger charge is 2.34. The zero-order chi connectivity index (χ0) is 11.7. The van der Waals surface area contributed by atoms with Gasteiger partial charge in [-0.1, -0.05) is 13.3 Å². The average molecular weight is 235 g/mol. The number of hydrogen-bond donors (Lipinski definition) is 2. The minimum atomic E-state index is 0.139. The fraction of sp³-hybridized carbons (Fsp3) is 0.769. The third-order valence-electron chi connectivity index (χ3n) is 4.10. The Morgan fingerprint density at radius 1 is 1.47 bits per heavy atom. The molecule has 2 saturated heterocycles. The summed E-state index contributed by atoms with van der Waals surface area (Å²) < 4.78 is 5.51. The van der Waals surface area contributed by atoms with E-state index in [0.717, 1.165) is 32.0 Å². The Hall–Kier alpha value is -0.870. The van der Waals surface area contributed by atoms with Crippen molar-refractivity contribution in [1.29, 1.82) is 0 Å². The second-order valence-electron chi connectivity index (χ2n) is 5.55. The van der Waals surface area contributed by atoms with Gasteiger partial charge in [-0.2, -0.15) is 0 Å². The van der Waals surface area contributed by atoms with Crippen LogP contribution in [0.5, 0.6) is 0 Å². The van der Waals surface area contributed by atoms with Crippen LogP contribution in [-0.2, 0) is 10.2 Å². The first-order valence-corrected chi connectivity index (χ1v) is 6.64. The number of imidazole rings is 1. The topological polar surface area (TPSA) is 49.9 Å². The molecule has 94 valence electrons. The van der Waals surface area contributed by atoms with E-state index in [2.05, 4.69) is 22.2 Å². The largest absolute Gasteiger partial charge is 0.380 e. The SMILES string of the molecule is CC1(c2cnc(C3CCCCN3)[nH]2)CCOC1. The smallest absolute Gasteiger partial charge is 0.123 e. The Morgan fingerprint density at radius 3 is 3.12 bits per heavy atom. The van der Waals surface area contributed by atoms with Crippen LogP contribution in [-0.4, -0.2) is 29.7 Å². The Kier molecular flexibility index (Phi) is 2.92. The number of rotatable bonds is 2. The highest BCUT2D eigenvalue weighted by atomic mass is 16.5. The van der Waals surface area contributed by atoms with Crippen LogP contribution >= 0.6 is 0 Å². The average Bonchev–Trinajstić information content (AvgIpc) is 2.99. The van der Waals surface area contributed by atoms with Crippen molar-refractivity contribution in [2.45, 2.75) is 44.1 Å². The van der Waals surface area contributed by atoms with Crippen LogP contribution in [0.3, 0.4) is 0 Å². The van der Waals surface area contributed by atoms with Gasteiger partial charge < -0.3 is 15.0 Å². The zero-order valence-electron chi connectivity index (χ0n) is 10.5. The van der Waals surface area contributed by atoms with Gasteiger partial charge in [0.2, 0.25) is 0 Å². The van der Waals surface area contributed by atoms with Gasteiger partial charge in [-0.15, -0.1) is 0 Å². The van der Waals surface area contributed by atoms with E-state index >= 15 is 0 Å². The Labute approximate surface area is 102 Å². The summed E-state index contributed by atoms with van der Waals surface area (Å²) in [6.45, 7) is 5.05. The fourth-order valence-electron chi connectivity index (χ4n) is 2.79. The first-order valence-electron chi connectivity index (χ1n) is 6.64. The molecule has 0 aliphatic carbocycles. The molecule has 2 aliphatic heterocycles. The number of piperidine rings is 1. The van der Waals surface area contributed by atoms with Gasteiger partial charge in [0.05, 0.1) is 12.6 Å². The molecule has 0 radical (unpaired) electrons. The molecule has 0 amide bonds.